The van der Waals surface area contributed by atoms with Gasteiger partial charge in [0.15, 0.2) is 6.10 Å². The molecule has 134 valence electrons. The van der Waals surface area contributed by atoms with Crippen molar-refractivity contribution in [1.29, 1.82) is 0 Å². The van der Waals surface area contributed by atoms with Crippen molar-refractivity contribution < 1.29 is 23.1 Å². The normalized spacial score (nSPS) is 12.0. The number of carbonyl (C=O) groups excluding carboxylic acids is 2. The molecule has 0 aliphatic carbocycles. The molecule has 3 rings (SSSR count). The molecular formula is C20H18FNO4. The van der Waals surface area contributed by atoms with E-state index in [1.165, 1.54) is 37.5 Å². The van der Waals surface area contributed by atoms with Gasteiger partial charge >= 0.3 is 5.97 Å². The zero-order valence-corrected chi connectivity index (χ0v) is 14.4. The molecule has 1 atom stereocenters. The van der Waals surface area contributed by atoms with Crippen LogP contribution in [0.5, 0.6) is 0 Å². The Bertz CT molecular complexity index is 946. The van der Waals surface area contributed by atoms with E-state index in [1.54, 1.807) is 0 Å². The van der Waals surface area contributed by atoms with Gasteiger partial charge in [-0.25, -0.2) is 4.39 Å². The lowest BCUT2D eigenvalue weighted by Gasteiger charge is -2.13. The molecule has 1 aromatic heterocycles. The van der Waals surface area contributed by atoms with Crippen molar-refractivity contribution in [3.8, 4) is 0 Å². The summed E-state index contributed by atoms with van der Waals surface area (Å²) in [6, 6.07) is 11.1. The van der Waals surface area contributed by atoms with E-state index in [0.717, 1.165) is 10.9 Å². The molecule has 0 radical (unpaired) electrons. The van der Waals surface area contributed by atoms with Gasteiger partial charge in [-0.15, -0.1) is 0 Å². The first-order valence-electron chi connectivity index (χ1n) is 8.15. The molecule has 0 fully saturated rings. The molecule has 0 aliphatic heterocycles. The first-order valence-corrected chi connectivity index (χ1v) is 8.15. The van der Waals surface area contributed by atoms with Crippen LogP contribution < -0.4 is 5.32 Å². The lowest BCUT2D eigenvalue weighted by atomic mass is 10.1. The van der Waals surface area contributed by atoms with Crippen molar-refractivity contribution in [1.82, 2.24) is 0 Å². The molecule has 1 N–H and O–H groups in total. The van der Waals surface area contributed by atoms with Gasteiger partial charge in [0.05, 0.1) is 12.7 Å². The molecule has 5 nitrogen and oxygen atoms in total. The third-order valence-corrected chi connectivity index (χ3v) is 3.94. The number of ether oxygens (including phenoxy) is 1. The van der Waals surface area contributed by atoms with Gasteiger partial charge in [-0.05, 0) is 49.7 Å². The molecule has 6 heteroatoms. The second kappa shape index (κ2) is 7.39. The average molecular weight is 355 g/mol. The molecule has 26 heavy (non-hydrogen) atoms. The minimum atomic E-state index is -0.979. The van der Waals surface area contributed by atoms with Gasteiger partial charge in [0.1, 0.15) is 11.4 Å². The van der Waals surface area contributed by atoms with Crippen molar-refractivity contribution >= 4 is 28.5 Å². The predicted molar refractivity (Wildman–Crippen MR) is 95.2 cm³/mol. The number of hydrogen-bond donors (Lipinski definition) is 1. The van der Waals surface area contributed by atoms with Crippen molar-refractivity contribution in [3.05, 3.63) is 65.7 Å². The Morgan fingerprint density at radius 3 is 2.65 bits per heavy atom. The van der Waals surface area contributed by atoms with Crippen molar-refractivity contribution in [3.63, 3.8) is 0 Å². The van der Waals surface area contributed by atoms with E-state index < -0.39 is 23.8 Å². The molecule has 0 saturated heterocycles. The summed E-state index contributed by atoms with van der Waals surface area (Å²) in [5.41, 5.74) is 2.90. The van der Waals surface area contributed by atoms with Gasteiger partial charge in [-0.2, -0.15) is 0 Å². The molecule has 0 bridgehead atoms. The molecule has 1 heterocycles. The summed E-state index contributed by atoms with van der Waals surface area (Å²) in [6.07, 6.45) is 0.548. The van der Waals surface area contributed by atoms with Crippen molar-refractivity contribution in [2.24, 2.45) is 0 Å². The minimum absolute atomic E-state index is 0.00420. The standard InChI is InChI=1S/C20H18FNO4/c1-12-3-8-17-14(11-25-18(17)9-12)10-19(23)26-13(2)20(24)22-16-6-4-15(21)5-7-16/h3-9,11,13H,10H2,1-2H3,(H,22,24)/t13-/m0/s1. The van der Waals surface area contributed by atoms with E-state index in [9.17, 15) is 14.0 Å². The topological polar surface area (TPSA) is 68.5 Å². The molecule has 0 aliphatic rings. The Morgan fingerprint density at radius 2 is 1.92 bits per heavy atom. The predicted octanol–water partition coefficient (Wildman–Crippen LogP) is 3.99. The fraction of sp³-hybridized carbons (Fsp3) is 0.200. The van der Waals surface area contributed by atoms with Crippen LogP contribution in [-0.4, -0.2) is 18.0 Å². The van der Waals surface area contributed by atoms with Crippen LogP contribution in [0, 0.1) is 12.7 Å². The Hall–Kier alpha value is -3.15. The van der Waals surface area contributed by atoms with Gasteiger partial charge in [0.2, 0.25) is 0 Å². The highest BCUT2D eigenvalue weighted by Gasteiger charge is 2.19. The van der Waals surface area contributed by atoms with Crippen molar-refractivity contribution in [2.45, 2.75) is 26.4 Å². The Morgan fingerprint density at radius 1 is 1.19 bits per heavy atom. The number of rotatable bonds is 5. The summed E-state index contributed by atoms with van der Waals surface area (Å²) in [6.45, 7) is 3.44. The summed E-state index contributed by atoms with van der Waals surface area (Å²) in [7, 11) is 0. The van der Waals surface area contributed by atoms with E-state index in [2.05, 4.69) is 5.32 Å². The van der Waals surface area contributed by atoms with Gasteiger partial charge < -0.3 is 14.5 Å². The third kappa shape index (κ3) is 4.08. The highest BCUT2D eigenvalue weighted by Crippen LogP contribution is 2.23. The number of nitrogens with one attached hydrogen (secondary N) is 1. The van der Waals surface area contributed by atoms with Crippen LogP contribution in [0.4, 0.5) is 10.1 Å². The summed E-state index contributed by atoms with van der Waals surface area (Å²) in [4.78, 5) is 24.2. The molecule has 0 unspecified atom stereocenters. The smallest absolute Gasteiger partial charge is 0.311 e. The Labute approximate surface area is 149 Å². The summed E-state index contributed by atoms with van der Waals surface area (Å²) < 4.78 is 23.5. The maximum Gasteiger partial charge on any atom is 0.311 e. The van der Waals surface area contributed by atoms with E-state index in [4.69, 9.17) is 9.15 Å². The van der Waals surface area contributed by atoms with Gasteiger partial charge in [-0.3, -0.25) is 9.59 Å². The van der Waals surface area contributed by atoms with E-state index in [1.807, 2.05) is 25.1 Å². The number of hydrogen-bond acceptors (Lipinski definition) is 4. The van der Waals surface area contributed by atoms with Crippen LogP contribution in [0.3, 0.4) is 0 Å². The van der Waals surface area contributed by atoms with Crippen LogP contribution >= 0.6 is 0 Å². The highest BCUT2D eigenvalue weighted by atomic mass is 19.1. The second-order valence-electron chi connectivity index (χ2n) is 6.07. The largest absolute Gasteiger partial charge is 0.464 e. The quantitative estimate of drug-likeness (QED) is 0.703. The molecule has 0 spiro atoms. The average Bonchev–Trinajstić information content (AvgIpc) is 2.98. The second-order valence-corrected chi connectivity index (χ2v) is 6.07. The van der Waals surface area contributed by atoms with Gasteiger partial charge in [0, 0.05) is 16.6 Å². The molecule has 1 amide bonds. The van der Waals surface area contributed by atoms with Crippen LogP contribution in [0.25, 0.3) is 11.0 Å². The maximum atomic E-state index is 12.9. The summed E-state index contributed by atoms with van der Waals surface area (Å²) in [5.74, 6) is -1.42. The molecule has 3 aromatic rings. The molecular weight excluding hydrogens is 337 g/mol. The number of aryl methyl sites for hydroxylation is 1. The number of halogens is 1. The molecule has 2 aromatic carbocycles. The number of amides is 1. The van der Waals surface area contributed by atoms with Crippen LogP contribution in [0.15, 0.2) is 53.1 Å². The maximum absolute atomic E-state index is 12.9. The number of furan rings is 1. The highest BCUT2D eigenvalue weighted by molar-refractivity contribution is 5.95. The monoisotopic (exact) mass is 355 g/mol. The fourth-order valence-corrected chi connectivity index (χ4v) is 2.55. The lowest BCUT2D eigenvalue weighted by molar-refractivity contribution is -0.152. The Balaban J connectivity index is 1.59. The zero-order valence-electron chi connectivity index (χ0n) is 14.4. The lowest BCUT2D eigenvalue weighted by Crippen LogP contribution is -2.30. The van der Waals surface area contributed by atoms with Crippen LogP contribution in [0.1, 0.15) is 18.1 Å². The van der Waals surface area contributed by atoms with Crippen molar-refractivity contribution in [2.75, 3.05) is 5.32 Å². The van der Waals surface area contributed by atoms with E-state index >= 15 is 0 Å². The minimum Gasteiger partial charge on any atom is -0.464 e. The number of benzene rings is 2. The van der Waals surface area contributed by atoms with Gasteiger partial charge in [0.25, 0.3) is 5.91 Å². The zero-order chi connectivity index (χ0) is 18.7. The van der Waals surface area contributed by atoms with E-state index in [0.29, 0.717) is 16.8 Å². The summed E-state index contributed by atoms with van der Waals surface area (Å²) in [5, 5.41) is 3.41. The first kappa shape index (κ1) is 17.7. The SMILES string of the molecule is Cc1ccc2c(CC(=O)O[C@@H](C)C(=O)Nc3ccc(F)cc3)coc2c1. The summed E-state index contributed by atoms with van der Waals surface area (Å²) >= 11 is 0. The Kier molecular flexibility index (Phi) is 5.02. The van der Waals surface area contributed by atoms with E-state index in [-0.39, 0.29) is 6.42 Å². The van der Waals surface area contributed by atoms with Gasteiger partial charge in [-0.1, -0.05) is 12.1 Å². The fourth-order valence-electron chi connectivity index (χ4n) is 2.55. The molecule has 0 saturated carbocycles. The van der Waals surface area contributed by atoms with Crippen LogP contribution in [-0.2, 0) is 20.7 Å². The number of carbonyl (C=O) groups is 2. The third-order valence-electron chi connectivity index (χ3n) is 3.94. The number of anilines is 1. The van der Waals surface area contributed by atoms with Crippen LogP contribution in [0.2, 0.25) is 0 Å². The first-order chi connectivity index (χ1) is 12.4. The number of fused-ring (bicyclic) bond motifs is 1. The number of esters is 1.